The van der Waals surface area contributed by atoms with E-state index in [0.717, 1.165) is 62.8 Å². The lowest BCUT2D eigenvalue weighted by molar-refractivity contribution is 0.0179. The van der Waals surface area contributed by atoms with Gasteiger partial charge < -0.3 is 24.8 Å². The minimum atomic E-state index is 0.164. The standard InChI is InChI=1S/C22H36N4O3/c1-4-23-22(24-10-9-17-5-6-17)25-16-19(26-11-13-29-14-12-26)18-7-8-20(27-2)21(15-18)28-3/h7-8,15,17,19H,4-6,9-14,16H2,1-3H3,(H2,23,24,25). The van der Waals surface area contributed by atoms with Gasteiger partial charge in [-0.1, -0.05) is 18.9 Å². The van der Waals surface area contributed by atoms with Gasteiger partial charge in [0, 0.05) is 26.2 Å². The average molecular weight is 405 g/mol. The number of nitrogens with one attached hydrogen (secondary N) is 2. The Kier molecular flexibility index (Phi) is 8.43. The summed E-state index contributed by atoms with van der Waals surface area (Å²) in [6.07, 6.45) is 3.99. The van der Waals surface area contributed by atoms with Crippen molar-refractivity contribution in [2.24, 2.45) is 10.9 Å². The molecular weight excluding hydrogens is 368 g/mol. The molecular formula is C22H36N4O3. The predicted octanol–water partition coefficient (Wildman–Crippen LogP) is 2.43. The van der Waals surface area contributed by atoms with Gasteiger partial charge in [0.25, 0.3) is 0 Å². The molecule has 0 spiro atoms. The van der Waals surface area contributed by atoms with Crippen LogP contribution in [0.25, 0.3) is 0 Å². The van der Waals surface area contributed by atoms with Crippen molar-refractivity contribution in [3.63, 3.8) is 0 Å². The molecule has 7 nitrogen and oxygen atoms in total. The lowest BCUT2D eigenvalue weighted by atomic mass is 10.0. The largest absolute Gasteiger partial charge is 0.493 e. The highest BCUT2D eigenvalue weighted by atomic mass is 16.5. The third-order valence-electron chi connectivity index (χ3n) is 5.59. The summed E-state index contributed by atoms with van der Waals surface area (Å²) in [7, 11) is 3.34. The Morgan fingerprint density at radius 3 is 2.59 bits per heavy atom. The van der Waals surface area contributed by atoms with Crippen molar-refractivity contribution in [3.8, 4) is 11.5 Å². The molecule has 1 atom stereocenters. The molecule has 1 aliphatic carbocycles. The van der Waals surface area contributed by atoms with Crippen LogP contribution in [0, 0.1) is 5.92 Å². The third-order valence-corrected chi connectivity index (χ3v) is 5.59. The van der Waals surface area contributed by atoms with E-state index in [1.807, 2.05) is 6.07 Å². The van der Waals surface area contributed by atoms with E-state index in [0.29, 0.717) is 6.54 Å². The van der Waals surface area contributed by atoms with Crippen molar-refractivity contribution < 1.29 is 14.2 Å². The Bertz CT molecular complexity index is 657. The van der Waals surface area contributed by atoms with E-state index in [2.05, 4.69) is 34.6 Å². The van der Waals surface area contributed by atoms with Crippen molar-refractivity contribution in [3.05, 3.63) is 23.8 Å². The van der Waals surface area contributed by atoms with Crippen LogP contribution in [0.3, 0.4) is 0 Å². The zero-order valence-electron chi connectivity index (χ0n) is 18.1. The maximum atomic E-state index is 5.57. The molecule has 1 aromatic rings. The summed E-state index contributed by atoms with van der Waals surface area (Å²) in [5, 5.41) is 6.87. The molecule has 1 unspecified atom stereocenters. The molecule has 7 heteroatoms. The number of morpholine rings is 1. The lowest BCUT2D eigenvalue weighted by Crippen LogP contribution is -2.42. The second-order valence-electron chi connectivity index (χ2n) is 7.66. The average Bonchev–Trinajstić information content (AvgIpc) is 3.59. The minimum Gasteiger partial charge on any atom is -0.493 e. The van der Waals surface area contributed by atoms with Crippen LogP contribution < -0.4 is 20.1 Å². The van der Waals surface area contributed by atoms with Gasteiger partial charge in [-0.2, -0.15) is 0 Å². The Morgan fingerprint density at radius 1 is 1.17 bits per heavy atom. The first kappa shape index (κ1) is 21.7. The lowest BCUT2D eigenvalue weighted by Gasteiger charge is -2.34. The first-order chi connectivity index (χ1) is 14.2. The zero-order valence-corrected chi connectivity index (χ0v) is 18.1. The van der Waals surface area contributed by atoms with Gasteiger partial charge in [0.1, 0.15) is 0 Å². The van der Waals surface area contributed by atoms with Crippen LogP contribution >= 0.6 is 0 Å². The summed E-state index contributed by atoms with van der Waals surface area (Å²) in [5.41, 5.74) is 1.18. The smallest absolute Gasteiger partial charge is 0.191 e. The fraction of sp³-hybridized carbons (Fsp3) is 0.682. The molecule has 0 aromatic heterocycles. The van der Waals surface area contributed by atoms with E-state index in [1.54, 1.807) is 14.2 Å². The maximum Gasteiger partial charge on any atom is 0.191 e. The van der Waals surface area contributed by atoms with Crippen LogP contribution in [0.4, 0.5) is 0 Å². The quantitative estimate of drug-likeness (QED) is 0.461. The summed E-state index contributed by atoms with van der Waals surface area (Å²) in [4.78, 5) is 7.37. The predicted molar refractivity (Wildman–Crippen MR) is 116 cm³/mol. The Labute approximate surface area is 174 Å². The van der Waals surface area contributed by atoms with Gasteiger partial charge in [-0.15, -0.1) is 0 Å². The van der Waals surface area contributed by atoms with E-state index in [1.165, 1.54) is 24.8 Å². The SMILES string of the molecule is CCNC(=NCC(c1ccc(OC)c(OC)c1)N1CCOCC1)NCCC1CC1. The molecule has 1 aliphatic heterocycles. The van der Waals surface area contributed by atoms with Crippen molar-refractivity contribution in [1.82, 2.24) is 15.5 Å². The van der Waals surface area contributed by atoms with Crippen molar-refractivity contribution in [2.45, 2.75) is 32.2 Å². The highest BCUT2D eigenvalue weighted by molar-refractivity contribution is 5.79. The summed E-state index contributed by atoms with van der Waals surface area (Å²) in [5.74, 6) is 3.31. The monoisotopic (exact) mass is 404 g/mol. The van der Waals surface area contributed by atoms with Crippen LogP contribution in [-0.2, 0) is 4.74 Å². The zero-order chi connectivity index (χ0) is 20.5. The van der Waals surface area contributed by atoms with Gasteiger partial charge in [-0.05, 0) is 37.0 Å². The van der Waals surface area contributed by atoms with Gasteiger partial charge in [0.15, 0.2) is 17.5 Å². The molecule has 2 N–H and O–H groups in total. The molecule has 1 saturated carbocycles. The molecule has 29 heavy (non-hydrogen) atoms. The Hall–Kier alpha value is -1.99. The van der Waals surface area contributed by atoms with Crippen molar-refractivity contribution >= 4 is 5.96 Å². The second-order valence-corrected chi connectivity index (χ2v) is 7.66. The number of methoxy groups -OCH3 is 2. The van der Waals surface area contributed by atoms with Gasteiger partial charge in [0.2, 0.25) is 0 Å². The van der Waals surface area contributed by atoms with Gasteiger partial charge >= 0.3 is 0 Å². The third kappa shape index (κ3) is 6.51. The molecule has 0 amide bonds. The Morgan fingerprint density at radius 2 is 1.93 bits per heavy atom. The number of aliphatic imine (C=N–C) groups is 1. The molecule has 1 saturated heterocycles. The Balaban J connectivity index is 1.74. The number of nitrogens with zero attached hydrogens (tertiary/aromatic N) is 2. The highest BCUT2D eigenvalue weighted by Crippen LogP contribution is 2.33. The molecule has 0 radical (unpaired) electrons. The molecule has 2 fully saturated rings. The topological polar surface area (TPSA) is 67.4 Å². The summed E-state index contributed by atoms with van der Waals surface area (Å²) < 4.78 is 16.5. The summed E-state index contributed by atoms with van der Waals surface area (Å²) in [6, 6.07) is 6.33. The van der Waals surface area contributed by atoms with E-state index >= 15 is 0 Å². The van der Waals surface area contributed by atoms with Crippen LogP contribution in [0.15, 0.2) is 23.2 Å². The molecule has 3 rings (SSSR count). The van der Waals surface area contributed by atoms with Gasteiger partial charge in [0.05, 0.1) is 40.0 Å². The van der Waals surface area contributed by atoms with Crippen molar-refractivity contribution in [2.75, 3.05) is 60.2 Å². The summed E-state index contributed by atoms with van der Waals surface area (Å²) >= 11 is 0. The fourth-order valence-electron chi connectivity index (χ4n) is 3.70. The molecule has 2 aliphatic rings. The fourth-order valence-corrected chi connectivity index (χ4v) is 3.70. The van der Waals surface area contributed by atoms with Crippen LogP contribution in [0.2, 0.25) is 0 Å². The summed E-state index contributed by atoms with van der Waals surface area (Å²) in [6.45, 7) is 7.93. The number of guanidine groups is 1. The van der Waals surface area contributed by atoms with E-state index in [9.17, 15) is 0 Å². The number of benzene rings is 1. The number of rotatable bonds is 10. The van der Waals surface area contributed by atoms with Crippen molar-refractivity contribution in [1.29, 1.82) is 0 Å². The molecule has 162 valence electrons. The van der Waals surface area contributed by atoms with Crippen LogP contribution in [0.5, 0.6) is 11.5 Å². The normalized spacial score (nSPS) is 18.9. The van der Waals surface area contributed by atoms with Gasteiger partial charge in [-0.25, -0.2) is 0 Å². The van der Waals surface area contributed by atoms with Gasteiger partial charge in [-0.3, -0.25) is 9.89 Å². The highest BCUT2D eigenvalue weighted by Gasteiger charge is 2.24. The molecule has 1 aromatic carbocycles. The van der Waals surface area contributed by atoms with E-state index in [4.69, 9.17) is 19.2 Å². The molecule has 1 heterocycles. The maximum absolute atomic E-state index is 5.57. The minimum absolute atomic E-state index is 0.164. The first-order valence-electron chi connectivity index (χ1n) is 10.8. The van der Waals surface area contributed by atoms with Crippen LogP contribution in [0.1, 0.15) is 37.8 Å². The molecule has 0 bridgehead atoms. The number of hydrogen-bond acceptors (Lipinski definition) is 5. The van der Waals surface area contributed by atoms with E-state index in [-0.39, 0.29) is 6.04 Å². The second kappa shape index (κ2) is 11.3. The first-order valence-corrected chi connectivity index (χ1v) is 10.8. The number of ether oxygens (including phenoxy) is 3. The van der Waals surface area contributed by atoms with Crippen LogP contribution in [-0.4, -0.2) is 71.0 Å². The van der Waals surface area contributed by atoms with E-state index < -0.39 is 0 Å². The number of hydrogen-bond donors (Lipinski definition) is 2.